The van der Waals surface area contributed by atoms with Gasteiger partial charge >= 0.3 is 0 Å². The number of sulfonamides is 1. The number of rotatable bonds is 5. The van der Waals surface area contributed by atoms with Crippen molar-refractivity contribution in [3.05, 3.63) is 6.07 Å². The van der Waals surface area contributed by atoms with Crippen molar-refractivity contribution in [2.45, 2.75) is 38.8 Å². The van der Waals surface area contributed by atoms with Gasteiger partial charge in [0.05, 0.1) is 12.4 Å². The highest BCUT2D eigenvalue weighted by molar-refractivity contribution is 7.88. The molecule has 0 aromatic carbocycles. The van der Waals surface area contributed by atoms with E-state index in [0.717, 1.165) is 12.8 Å². The highest BCUT2D eigenvalue weighted by Crippen LogP contribution is 2.23. The summed E-state index contributed by atoms with van der Waals surface area (Å²) in [5.74, 6) is 1.33. The summed E-state index contributed by atoms with van der Waals surface area (Å²) in [6.07, 6.45) is 2.63. The SMILES string of the molecule is CC(C)Oc1cc(N2CCC(NS(C)(=O)=O)CC2)nc(N)n1. The molecule has 1 aliphatic rings. The van der Waals surface area contributed by atoms with Crippen molar-refractivity contribution >= 4 is 21.8 Å². The van der Waals surface area contributed by atoms with E-state index in [9.17, 15) is 8.42 Å². The summed E-state index contributed by atoms with van der Waals surface area (Å²) in [6.45, 7) is 5.23. The number of nitrogens with two attached hydrogens (primary N) is 1. The first-order chi connectivity index (χ1) is 10.2. The Kier molecular flexibility index (Phi) is 5.07. The fourth-order valence-electron chi connectivity index (χ4n) is 2.42. The highest BCUT2D eigenvalue weighted by Gasteiger charge is 2.23. The number of ether oxygens (including phenoxy) is 1. The van der Waals surface area contributed by atoms with Crippen LogP contribution in [-0.4, -0.2) is 49.9 Å². The van der Waals surface area contributed by atoms with E-state index >= 15 is 0 Å². The van der Waals surface area contributed by atoms with Crippen LogP contribution in [0.1, 0.15) is 26.7 Å². The monoisotopic (exact) mass is 329 g/mol. The molecule has 1 aromatic rings. The predicted octanol–water partition coefficient (Wildman–Crippen LogP) is 0.364. The molecule has 0 saturated carbocycles. The minimum atomic E-state index is -3.17. The number of nitrogens with zero attached hydrogens (tertiary/aromatic N) is 3. The second kappa shape index (κ2) is 6.66. The van der Waals surface area contributed by atoms with E-state index in [1.165, 1.54) is 6.26 Å². The van der Waals surface area contributed by atoms with Crippen molar-refractivity contribution in [2.75, 3.05) is 30.0 Å². The summed E-state index contributed by atoms with van der Waals surface area (Å²) in [5.41, 5.74) is 5.73. The molecule has 0 atom stereocenters. The molecule has 22 heavy (non-hydrogen) atoms. The smallest absolute Gasteiger partial charge is 0.225 e. The number of nitrogen functional groups attached to an aromatic ring is 1. The van der Waals surface area contributed by atoms with E-state index in [1.54, 1.807) is 6.07 Å². The van der Waals surface area contributed by atoms with Gasteiger partial charge in [0.15, 0.2) is 0 Å². The topological polar surface area (TPSA) is 110 Å². The van der Waals surface area contributed by atoms with E-state index < -0.39 is 10.0 Å². The van der Waals surface area contributed by atoms with Gasteiger partial charge in [-0.05, 0) is 26.7 Å². The molecule has 3 N–H and O–H groups in total. The van der Waals surface area contributed by atoms with Crippen LogP contribution in [0, 0.1) is 0 Å². The molecule has 0 radical (unpaired) electrons. The van der Waals surface area contributed by atoms with Gasteiger partial charge in [0.1, 0.15) is 5.82 Å². The van der Waals surface area contributed by atoms with Gasteiger partial charge in [-0.3, -0.25) is 0 Å². The number of piperidine rings is 1. The van der Waals surface area contributed by atoms with Gasteiger partial charge in [-0.1, -0.05) is 0 Å². The number of hydrogen-bond donors (Lipinski definition) is 2. The number of hydrogen-bond acceptors (Lipinski definition) is 7. The number of anilines is 2. The molecule has 1 aromatic heterocycles. The van der Waals surface area contributed by atoms with Crippen molar-refractivity contribution in [3.63, 3.8) is 0 Å². The Bertz CT molecular complexity index is 612. The van der Waals surface area contributed by atoms with E-state index in [4.69, 9.17) is 10.5 Å². The molecule has 9 heteroatoms. The zero-order valence-electron chi connectivity index (χ0n) is 13.1. The predicted molar refractivity (Wildman–Crippen MR) is 85.4 cm³/mol. The first-order valence-electron chi connectivity index (χ1n) is 7.26. The average Bonchev–Trinajstić information content (AvgIpc) is 2.36. The van der Waals surface area contributed by atoms with Crippen LogP contribution >= 0.6 is 0 Å². The van der Waals surface area contributed by atoms with Gasteiger partial charge in [-0.2, -0.15) is 9.97 Å². The summed E-state index contributed by atoms with van der Waals surface area (Å²) in [7, 11) is -3.17. The summed E-state index contributed by atoms with van der Waals surface area (Å²) >= 11 is 0. The van der Waals surface area contributed by atoms with Crippen LogP contribution in [0.4, 0.5) is 11.8 Å². The van der Waals surface area contributed by atoms with Crippen molar-refractivity contribution in [3.8, 4) is 5.88 Å². The van der Waals surface area contributed by atoms with Crippen LogP contribution in [0.15, 0.2) is 6.07 Å². The standard InChI is InChI=1S/C13H23N5O3S/c1-9(2)21-12-8-11(15-13(14)16-12)18-6-4-10(5-7-18)17-22(3,19)20/h8-10,17H,4-7H2,1-3H3,(H2,14,15,16). The Balaban J connectivity index is 2.03. The third-order valence-corrected chi connectivity index (χ3v) is 4.02. The fraction of sp³-hybridized carbons (Fsp3) is 0.692. The number of nitrogens with one attached hydrogen (secondary N) is 1. The van der Waals surface area contributed by atoms with Gasteiger partial charge < -0.3 is 15.4 Å². The van der Waals surface area contributed by atoms with Gasteiger partial charge in [0, 0.05) is 25.2 Å². The van der Waals surface area contributed by atoms with Crippen molar-refractivity contribution < 1.29 is 13.2 Å². The molecule has 1 saturated heterocycles. The Labute approximate surface area is 131 Å². The summed E-state index contributed by atoms with van der Waals surface area (Å²) < 4.78 is 30.7. The quantitative estimate of drug-likeness (QED) is 0.802. The van der Waals surface area contributed by atoms with Crippen molar-refractivity contribution in [1.29, 1.82) is 0 Å². The summed E-state index contributed by atoms with van der Waals surface area (Å²) in [6, 6.07) is 1.73. The van der Waals surface area contributed by atoms with Crippen molar-refractivity contribution in [2.24, 2.45) is 0 Å². The zero-order chi connectivity index (χ0) is 16.3. The van der Waals surface area contributed by atoms with E-state index in [2.05, 4.69) is 19.6 Å². The molecular weight excluding hydrogens is 306 g/mol. The molecule has 2 rings (SSSR count). The number of aromatic nitrogens is 2. The molecule has 2 heterocycles. The second-order valence-corrected chi connectivity index (χ2v) is 7.52. The van der Waals surface area contributed by atoms with Crippen LogP contribution < -0.4 is 20.1 Å². The Morgan fingerprint density at radius 2 is 2.00 bits per heavy atom. The molecule has 0 amide bonds. The third-order valence-electron chi connectivity index (χ3n) is 3.26. The normalized spacial score (nSPS) is 17.0. The third kappa shape index (κ3) is 4.99. The maximum absolute atomic E-state index is 11.3. The van der Waals surface area contributed by atoms with Gasteiger partial charge in [0.2, 0.25) is 21.9 Å². The van der Waals surface area contributed by atoms with E-state index in [0.29, 0.717) is 24.8 Å². The summed E-state index contributed by atoms with van der Waals surface area (Å²) in [5, 5.41) is 0. The molecule has 0 aliphatic carbocycles. The first-order valence-corrected chi connectivity index (χ1v) is 9.15. The van der Waals surface area contributed by atoms with Gasteiger partial charge in [-0.25, -0.2) is 13.1 Å². The highest BCUT2D eigenvalue weighted by atomic mass is 32.2. The lowest BCUT2D eigenvalue weighted by Crippen LogP contribution is -2.44. The largest absolute Gasteiger partial charge is 0.475 e. The van der Waals surface area contributed by atoms with Crippen LogP contribution in [0.3, 0.4) is 0 Å². The zero-order valence-corrected chi connectivity index (χ0v) is 13.9. The van der Waals surface area contributed by atoms with Gasteiger partial charge in [0.25, 0.3) is 0 Å². The lowest BCUT2D eigenvalue weighted by atomic mass is 10.1. The molecule has 0 spiro atoms. The van der Waals surface area contributed by atoms with E-state index in [1.807, 2.05) is 13.8 Å². The second-order valence-electron chi connectivity index (χ2n) is 5.74. The van der Waals surface area contributed by atoms with E-state index in [-0.39, 0.29) is 18.1 Å². The first kappa shape index (κ1) is 16.8. The lowest BCUT2D eigenvalue weighted by Gasteiger charge is -2.32. The van der Waals surface area contributed by atoms with Gasteiger partial charge in [-0.15, -0.1) is 0 Å². The Morgan fingerprint density at radius 1 is 1.36 bits per heavy atom. The maximum Gasteiger partial charge on any atom is 0.225 e. The van der Waals surface area contributed by atoms with Crippen LogP contribution in [0.25, 0.3) is 0 Å². The molecule has 0 unspecified atom stereocenters. The molecular formula is C13H23N5O3S. The lowest BCUT2D eigenvalue weighted by molar-refractivity contribution is 0.232. The Hall–Kier alpha value is -1.61. The maximum atomic E-state index is 11.3. The van der Waals surface area contributed by atoms with Crippen LogP contribution in [-0.2, 0) is 10.0 Å². The van der Waals surface area contributed by atoms with Crippen molar-refractivity contribution in [1.82, 2.24) is 14.7 Å². The summed E-state index contributed by atoms with van der Waals surface area (Å²) in [4.78, 5) is 10.4. The van der Waals surface area contributed by atoms with Crippen LogP contribution in [0.5, 0.6) is 5.88 Å². The fourth-order valence-corrected chi connectivity index (χ4v) is 3.26. The average molecular weight is 329 g/mol. The molecule has 124 valence electrons. The molecule has 8 nitrogen and oxygen atoms in total. The minimum Gasteiger partial charge on any atom is -0.475 e. The minimum absolute atomic E-state index is 0.00634. The molecule has 0 bridgehead atoms. The van der Waals surface area contributed by atoms with Crippen LogP contribution in [0.2, 0.25) is 0 Å². The molecule has 1 fully saturated rings. The molecule has 1 aliphatic heterocycles. The Morgan fingerprint density at radius 3 is 2.55 bits per heavy atom.